The molecule has 3 aromatic rings. The summed E-state index contributed by atoms with van der Waals surface area (Å²) in [6.45, 7) is 2.85. The van der Waals surface area contributed by atoms with E-state index in [9.17, 15) is 0 Å². The summed E-state index contributed by atoms with van der Waals surface area (Å²) in [5.74, 6) is 0.735. The van der Waals surface area contributed by atoms with E-state index >= 15 is 0 Å². The molecule has 1 aliphatic rings. The second-order valence-electron chi connectivity index (χ2n) is 5.84. The molecule has 4 heterocycles. The van der Waals surface area contributed by atoms with Gasteiger partial charge in [0.25, 0.3) is 0 Å². The van der Waals surface area contributed by atoms with E-state index in [1.165, 1.54) is 5.69 Å². The third kappa shape index (κ3) is 3.28. The molecular formula is C18H19N5O. The van der Waals surface area contributed by atoms with Gasteiger partial charge in [-0.05, 0) is 30.3 Å². The molecule has 0 spiro atoms. The van der Waals surface area contributed by atoms with Crippen molar-refractivity contribution in [3.63, 3.8) is 0 Å². The van der Waals surface area contributed by atoms with Gasteiger partial charge in [-0.1, -0.05) is 6.07 Å². The minimum Gasteiger partial charge on any atom is -0.368 e. The third-order valence-electron chi connectivity index (χ3n) is 4.13. The van der Waals surface area contributed by atoms with Crippen LogP contribution in [0.5, 0.6) is 0 Å². The van der Waals surface area contributed by atoms with Crippen LogP contribution in [0.15, 0.2) is 61.2 Å². The van der Waals surface area contributed by atoms with Gasteiger partial charge in [-0.3, -0.25) is 4.98 Å². The summed E-state index contributed by atoms with van der Waals surface area (Å²) in [4.78, 5) is 15.3. The van der Waals surface area contributed by atoms with Crippen molar-refractivity contribution in [1.29, 1.82) is 0 Å². The van der Waals surface area contributed by atoms with Crippen LogP contribution >= 0.6 is 0 Å². The summed E-state index contributed by atoms with van der Waals surface area (Å²) in [5, 5.41) is 0. The van der Waals surface area contributed by atoms with E-state index in [1.807, 2.05) is 24.3 Å². The highest BCUT2D eigenvalue weighted by atomic mass is 16.5. The highest BCUT2D eigenvalue weighted by molar-refractivity contribution is 5.31. The number of rotatable bonds is 4. The smallest absolute Gasteiger partial charge is 0.225 e. The maximum absolute atomic E-state index is 6.15. The molecule has 0 saturated carbocycles. The minimum absolute atomic E-state index is 0.0458. The monoisotopic (exact) mass is 321 g/mol. The molecule has 0 aliphatic carbocycles. The van der Waals surface area contributed by atoms with Crippen LogP contribution in [0, 0.1) is 0 Å². The maximum Gasteiger partial charge on any atom is 0.225 e. The number of hydrogen-bond acceptors (Lipinski definition) is 5. The predicted molar refractivity (Wildman–Crippen MR) is 90.3 cm³/mol. The Morgan fingerprint density at radius 1 is 0.958 bits per heavy atom. The van der Waals surface area contributed by atoms with Crippen molar-refractivity contribution in [3.05, 3.63) is 72.6 Å². The molecule has 0 bridgehead atoms. The summed E-state index contributed by atoms with van der Waals surface area (Å²) < 4.78 is 8.39. The van der Waals surface area contributed by atoms with Crippen molar-refractivity contribution in [2.45, 2.75) is 25.8 Å². The first-order valence-electron chi connectivity index (χ1n) is 8.06. The van der Waals surface area contributed by atoms with Gasteiger partial charge in [-0.15, -0.1) is 0 Å². The van der Waals surface area contributed by atoms with Gasteiger partial charge in [0, 0.05) is 37.0 Å². The highest BCUT2D eigenvalue weighted by Crippen LogP contribution is 2.19. The molecule has 0 aromatic carbocycles. The van der Waals surface area contributed by atoms with E-state index in [4.69, 9.17) is 4.74 Å². The standard InChI is InChI=1S/C18H19N5O/c1-2-7-19-15(5-1)14-24-17-12-22-10-3-6-16(22)11-23(13-17)18-20-8-4-9-21-18/h1-10,17H,11-14H2/t17-/m0/s1. The normalized spacial score (nSPS) is 17.3. The topological polar surface area (TPSA) is 56.1 Å². The van der Waals surface area contributed by atoms with Crippen molar-refractivity contribution in [1.82, 2.24) is 19.5 Å². The number of nitrogens with zero attached hydrogens (tertiary/aromatic N) is 5. The molecule has 0 radical (unpaired) electrons. The van der Waals surface area contributed by atoms with Crippen molar-refractivity contribution >= 4 is 5.95 Å². The van der Waals surface area contributed by atoms with Crippen LogP contribution in [-0.2, 0) is 24.4 Å². The first-order valence-corrected chi connectivity index (χ1v) is 8.06. The molecular weight excluding hydrogens is 302 g/mol. The zero-order chi connectivity index (χ0) is 16.2. The van der Waals surface area contributed by atoms with Gasteiger partial charge in [0.15, 0.2) is 0 Å². The van der Waals surface area contributed by atoms with Gasteiger partial charge in [0.05, 0.1) is 31.5 Å². The second-order valence-corrected chi connectivity index (χ2v) is 5.84. The number of anilines is 1. The van der Waals surface area contributed by atoms with Crippen LogP contribution in [-0.4, -0.2) is 32.2 Å². The van der Waals surface area contributed by atoms with Crippen LogP contribution in [0.1, 0.15) is 11.4 Å². The number of pyridine rings is 1. The molecule has 6 nitrogen and oxygen atoms in total. The van der Waals surface area contributed by atoms with Crippen molar-refractivity contribution in [3.8, 4) is 0 Å². The SMILES string of the molecule is c1ccc(CO[C@@H]2CN(c3ncccn3)Cc3cccn3C2)nc1. The van der Waals surface area contributed by atoms with Crippen LogP contribution in [0.3, 0.4) is 0 Å². The molecule has 0 N–H and O–H groups in total. The zero-order valence-electron chi connectivity index (χ0n) is 13.3. The number of hydrogen-bond donors (Lipinski definition) is 0. The Labute approximate surface area is 140 Å². The Hall–Kier alpha value is -2.73. The first-order chi connectivity index (χ1) is 11.9. The summed E-state index contributed by atoms with van der Waals surface area (Å²) in [6.07, 6.45) is 7.48. The van der Waals surface area contributed by atoms with Gasteiger partial charge < -0.3 is 14.2 Å². The van der Waals surface area contributed by atoms with E-state index in [1.54, 1.807) is 18.6 Å². The van der Waals surface area contributed by atoms with Crippen LogP contribution in [0.4, 0.5) is 5.95 Å². The van der Waals surface area contributed by atoms with Crippen molar-refractivity contribution < 1.29 is 4.74 Å². The summed E-state index contributed by atoms with van der Waals surface area (Å²) in [5.41, 5.74) is 2.18. The molecule has 0 unspecified atom stereocenters. The fraction of sp³-hybridized carbons (Fsp3) is 0.278. The summed E-state index contributed by atoms with van der Waals surface area (Å²) >= 11 is 0. The molecule has 0 saturated heterocycles. The van der Waals surface area contributed by atoms with E-state index in [-0.39, 0.29) is 6.10 Å². The molecule has 24 heavy (non-hydrogen) atoms. The molecule has 6 heteroatoms. The summed E-state index contributed by atoms with van der Waals surface area (Å²) in [7, 11) is 0. The van der Waals surface area contributed by atoms with E-state index in [0.29, 0.717) is 6.61 Å². The number of aromatic nitrogens is 4. The lowest BCUT2D eigenvalue weighted by Crippen LogP contribution is -2.34. The lowest BCUT2D eigenvalue weighted by Gasteiger charge is -2.24. The molecule has 0 fully saturated rings. The van der Waals surface area contributed by atoms with Crippen LogP contribution < -0.4 is 4.90 Å². The van der Waals surface area contributed by atoms with Gasteiger partial charge in [0.1, 0.15) is 0 Å². The quantitative estimate of drug-likeness (QED) is 0.738. The molecule has 4 rings (SSSR count). The van der Waals surface area contributed by atoms with Gasteiger partial charge in [0.2, 0.25) is 5.95 Å². The minimum atomic E-state index is 0.0458. The fourth-order valence-corrected chi connectivity index (χ4v) is 2.95. The summed E-state index contributed by atoms with van der Waals surface area (Å²) in [6, 6.07) is 11.9. The largest absolute Gasteiger partial charge is 0.368 e. The Morgan fingerprint density at radius 2 is 1.83 bits per heavy atom. The first kappa shape index (κ1) is 14.8. The maximum atomic E-state index is 6.15. The molecule has 1 atom stereocenters. The molecule has 0 amide bonds. The van der Waals surface area contributed by atoms with Crippen LogP contribution in [0.25, 0.3) is 0 Å². The van der Waals surface area contributed by atoms with Crippen LogP contribution in [0.2, 0.25) is 0 Å². The molecule has 1 aliphatic heterocycles. The molecule has 3 aromatic heterocycles. The Bertz CT molecular complexity index is 774. The third-order valence-corrected chi connectivity index (χ3v) is 4.13. The number of fused-ring (bicyclic) bond motifs is 1. The second kappa shape index (κ2) is 6.80. The van der Waals surface area contributed by atoms with Gasteiger partial charge in [-0.2, -0.15) is 0 Å². The molecule has 122 valence electrons. The van der Waals surface area contributed by atoms with E-state index in [2.05, 4.69) is 42.7 Å². The average Bonchev–Trinajstić information content (AvgIpc) is 2.99. The lowest BCUT2D eigenvalue weighted by atomic mass is 10.3. The Balaban J connectivity index is 1.53. The van der Waals surface area contributed by atoms with E-state index < -0.39 is 0 Å². The fourth-order valence-electron chi connectivity index (χ4n) is 2.95. The van der Waals surface area contributed by atoms with E-state index in [0.717, 1.165) is 31.3 Å². The Kier molecular flexibility index (Phi) is 4.20. The Morgan fingerprint density at radius 3 is 2.67 bits per heavy atom. The van der Waals surface area contributed by atoms with Crippen molar-refractivity contribution in [2.75, 3.05) is 11.4 Å². The van der Waals surface area contributed by atoms with Crippen molar-refractivity contribution in [2.24, 2.45) is 0 Å². The van der Waals surface area contributed by atoms with Gasteiger partial charge >= 0.3 is 0 Å². The predicted octanol–water partition coefficient (Wildman–Crippen LogP) is 2.28. The van der Waals surface area contributed by atoms with Gasteiger partial charge in [-0.25, -0.2) is 9.97 Å². The lowest BCUT2D eigenvalue weighted by molar-refractivity contribution is 0.0342. The highest BCUT2D eigenvalue weighted by Gasteiger charge is 2.23. The zero-order valence-corrected chi connectivity index (χ0v) is 13.3. The average molecular weight is 321 g/mol. The number of ether oxygens (including phenoxy) is 1.